The number of thioether (sulfide) groups is 1. The molecule has 1 rings (SSSR count). The normalized spacial score (nSPS) is 12.4. The van der Waals surface area contributed by atoms with E-state index in [2.05, 4.69) is 6.58 Å². The Morgan fingerprint density at radius 2 is 1.90 bits per heavy atom. The molecule has 21 heavy (non-hydrogen) atoms. The standard InChI is InChI=1S/C17H22O3S/c1-6-19-15(17(3,4)5)14(16(18)20-7-2)21-13-11-9-8-10-12-13/h6,8-12H,1,7H2,2-5H3/b15-14-. The molecule has 0 unspecified atom stereocenters. The number of esters is 1. The molecule has 0 amide bonds. The van der Waals surface area contributed by atoms with Gasteiger partial charge in [-0.3, -0.25) is 0 Å². The quantitative estimate of drug-likeness (QED) is 0.328. The average molecular weight is 306 g/mol. The van der Waals surface area contributed by atoms with Gasteiger partial charge in [-0.25, -0.2) is 4.79 Å². The van der Waals surface area contributed by atoms with E-state index >= 15 is 0 Å². The van der Waals surface area contributed by atoms with E-state index < -0.39 is 0 Å². The molecule has 0 fully saturated rings. The van der Waals surface area contributed by atoms with Crippen LogP contribution in [0.4, 0.5) is 0 Å². The lowest BCUT2D eigenvalue weighted by atomic mass is 9.93. The molecule has 0 spiro atoms. The summed E-state index contributed by atoms with van der Waals surface area (Å²) in [6.45, 7) is 11.6. The molecule has 0 aromatic heterocycles. The van der Waals surface area contributed by atoms with Gasteiger partial charge in [0.05, 0.1) is 12.9 Å². The molecule has 0 aliphatic carbocycles. The molecule has 4 heteroatoms. The Labute approximate surface area is 131 Å². The predicted octanol–water partition coefficient (Wildman–Crippen LogP) is 4.76. The fourth-order valence-electron chi connectivity index (χ4n) is 1.64. The summed E-state index contributed by atoms with van der Waals surface area (Å²) in [6.07, 6.45) is 1.34. The van der Waals surface area contributed by atoms with Gasteiger partial charge in [-0.15, -0.1) is 0 Å². The van der Waals surface area contributed by atoms with Crippen LogP contribution in [0.15, 0.2) is 58.7 Å². The van der Waals surface area contributed by atoms with Crippen molar-refractivity contribution in [3.05, 3.63) is 53.8 Å². The van der Waals surface area contributed by atoms with Gasteiger partial charge in [0.15, 0.2) is 0 Å². The number of carbonyl (C=O) groups is 1. The van der Waals surface area contributed by atoms with Crippen LogP contribution < -0.4 is 0 Å². The number of carbonyl (C=O) groups excluding carboxylic acids is 1. The van der Waals surface area contributed by atoms with Crippen molar-refractivity contribution in [3.8, 4) is 0 Å². The first-order valence-electron chi connectivity index (χ1n) is 6.82. The first-order valence-corrected chi connectivity index (χ1v) is 7.64. The highest BCUT2D eigenvalue weighted by molar-refractivity contribution is 8.04. The summed E-state index contributed by atoms with van der Waals surface area (Å²) in [5.74, 6) is 0.183. The van der Waals surface area contributed by atoms with Crippen LogP contribution in [0.1, 0.15) is 27.7 Å². The summed E-state index contributed by atoms with van der Waals surface area (Å²) in [7, 11) is 0. The van der Waals surface area contributed by atoms with Crippen LogP contribution in [0.25, 0.3) is 0 Å². The summed E-state index contributed by atoms with van der Waals surface area (Å²) >= 11 is 1.34. The zero-order chi connectivity index (χ0) is 15.9. The van der Waals surface area contributed by atoms with E-state index in [-0.39, 0.29) is 11.4 Å². The van der Waals surface area contributed by atoms with Crippen molar-refractivity contribution in [2.45, 2.75) is 32.6 Å². The summed E-state index contributed by atoms with van der Waals surface area (Å²) in [6, 6.07) is 9.67. The minimum absolute atomic E-state index is 0.323. The lowest BCUT2D eigenvalue weighted by Crippen LogP contribution is -2.18. The molecular weight excluding hydrogens is 284 g/mol. The monoisotopic (exact) mass is 306 g/mol. The molecule has 114 valence electrons. The molecule has 0 bridgehead atoms. The van der Waals surface area contributed by atoms with Crippen molar-refractivity contribution in [1.29, 1.82) is 0 Å². The van der Waals surface area contributed by atoms with Crippen molar-refractivity contribution in [3.63, 3.8) is 0 Å². The summed E-state index contributed by atoms with van der Waals surface area (Å²) in [5, 5.41) is 0. The van der Waals surface area contributed by atoms with E-state index in [0.29, 0.717) is 17.3 Å². The maximum Gasteiger partial charge on any atom is 0.348 e. The average Bonchev–Trinajstić information content (AvgIpc) is 2.43. The molecule has 0 saturated heterocycles. The van der Waals surface area contributed by atoms with Gasteiger partial charge >= 0.3 is 5.97 Å². The van der Waals surface area contributed by atoms with E-state index in [9.17, 15) is 4.79 Å². The van der Waals surface area contributed by atoms with Gasteiger partial charge in [-0.2, -0.15) is 0 Å². The molecule has 0 aliphatic rings. The first-order chi connectivity index (χ1) is 9.90. The Bertz CT molecular complexity index is 513. The summed E-state index contributed by atoms with van der Waals surface area (Å²) < 4.78 is 10.7. The van der Waals surface area contributed by atoms with Crippen molar-refractivity contribution in [2.24, 2.45) is 5.41 Å². The second kappa shape index (κ2) is 7.93. The lowest BCUT2D eigenvalue weighted by Gasteiger charge is -2.24. The molecular formula is C17H22O3S. The third kappa shape index (κ3) is 5.31. The van der Waals surface area contributed by atoms with Crippen molar-refractivity contribution in [2.75, 3.05) is 6.61 Å². The molecule has 0 atom stereocenters. The Morgan fingerprint density at radius 3 is 2.38 bits per heavy atom. The van der Waals surface area contributed by atoms with Crippen molar-refractivity contribution >= 4 is 17.7 Å². The van der Waals surface area contributed by atoms with Gasteiger partial charge in [0.25, 0.3) is 0 Å². The smallest absolute Gasteiger partial charge is 0.348 e. The summed E-state index contributed by atoms with van der Waals surface area (Å²) in [4.78, 5) is 13.7. The highest BCUT2D eigenvalue weighted by atomic mass is 32.2. The van der Waals surface area contributed by atoms with Gasteiger partial charge in [0, 0.05) is 10.3 Å². The number of rotatable bonds is 6. The molecule has 0 heterocycles. The number of benzene rings is 1. The van der Waals surface area contributed by atoms with Gasteiger partial charge in [0.1, 0.15) is 10.7 Å². The third-order valence-corrected chi connectivity index (χ3v) is 3.58. The van der Waals surface area contributed by atoms with Crippen molar-refractivity contribution < 1.29 is 14.3 Å². The molecule has 3 nitrogen and oxygen atoms in total. The number of hydrogen-bond acceptors (Lipinski definition) is 4. The molecule has 0 radical (unpaired) electrons. The minimum atomic E-state index is -0.377. The maximum atomic E-state index is 12.3. The van der Waals surface area contributed by atoms with Crippen LogP contribution in [0, 0.1) is 5.41 Å². The second-order valence-electron chi connectivity index (χ2n) is 5.33. The Kier molecular flexibility index (Phi) is 6.56. The topological polar surface area (TPSA) is 35.5 Å². The van der Waals surface area contributed by atoms with Gasteiger partial charge in [0.2, 0.25) is 0 Å². The van der Waals surface area contributed by atoms with E-state index in [4.69, 9.17) is 9.47 Å². The van der Waals surface area contributed by atoms with E-state index in [0.717, 1.165) is 4.90 Å². The molecule has 1 aromatic rings. The predicted molar refractivity (Wildman–Crippen MR) is 86.7 cm³/mol. The fourth-order valence-corrected chi connectivity index (χ4v) is 2.76. The largest absolute Gasteiger partial charge is 0.468 e. The number of ether oxygens (including phenoxy) is 2. The zero-order valence-electron chi connectivity index (χ0n) is 13.0. The Balaban J connectivity index is 3.27. The van der Waals surface area contributed by atoms with Crippen LogP contribution >= 0.6 is 11.8 Å². The van der Waals surface area contributed by atoms with E-state index in [1.54, 1.807) is 6.92 Å². The zero-order valence-corrected chi connectivity index (χ0v) is 13.8. The molecule has 0 saturated carbocycles. The highest BCUT2D eigenvalue weighted by Crippen LogP contribution is 2.38. The Morgan fingerprint density at radius 1 is 1.29 bits per heavy atom. The molecule has 0 aliphatic heterocycles. The van der Waals surface area contributed by atoms with Crippen LogP contribution in [-0.4, -0.2) is 12.6 Å². The van der Waals surface area contributed by atoms with Gasteiger partial charge in [-0.05, 0) is 19.1 Å². The van der Waals surface area contributed by atoms with Crippen molar-refractivity contribution in [1.82, 2.24) is 0 Å². The van der Waals surface area contributed by atoms with Crippen LogP contribution in [0.3, 0.4) is 0 Å². The second-order valence-corrected chi connectivity index (χ2v) is 6.41. The Hall–Kier alpha value is -1.68. The van der Waals surface area contributed by atoms with Gasteiger partial charge in [-0.1, -0.05) is 57.3 Å². The summed E-state index contributed by atoms with van der Waals surface area (Å²) in [5.41, 5.74) is -0.335. The fraction of sp³-hybridized carbons (Fsp3) is 0.353. The number of allylic oxidation sites excluding steroid dienone is 1. The van der Waals surface area contributed by atoms with E-state index in [1.807, 2.05) is 51.1 Å². The maximum absolute atomic E-state index is 12.3. The third-order valence-electron chi connectivity index (χ3n) is 2.51. The van der Waals surface area contributed by atoms with E-state index in [1.165, 1.54) is 18.0 Å². The number of hydrogen-bond donors (Lipinski definition) is 0. The lowest BCUT2D eigenvalue weighted by molar-refractivity contribution is -0.137. The first kappa shape index (κ1) is 17.4. The SMILES string of the molecule is C=CO/C(=C(\Sc1ccccc1)C(=O)OCC)C(C)(C)C. The molecule has 0 N–H and O–H groups in total. The van der Waals surface area contributed by atoms with Crippen LogP contribution in [0.5, 0.6) is 0 Å². The van der Waals surface area contributed by atoms with Gasteiger partial charge < -0.3 is 9.47 Å². The van der Waals surface area contributed by atoms with Crippen LogP contribution in [0.2, 0.25) is 0 Å². The molecule has 1 aromatic carbocycles. The highest BCUT2D eigenvalue weighted by Gasteiger charge is 2.28. The minimum Gasteiger partial charge on any atom is -0.468 e. The van der Waals surface area contributed by atoms with Crippen LogP contribution in [-0.2, 0) is 14.3 Å².